The van der Waals surface area contributed by atoms with Crippen LogP contribution < -0.4 is 5.32 Å². The number of hydrogen-bond donors (Lipinski definition) is 2. The number of rotatable bonds is 2. The summed E-state index contributed by atoms with van der Waals surface area (Å²) in [5, 5.41) is 10.6. The number of anilines is 1. The van der Waals surface area contributed by atoms with Gasteiger partial charge in [0.25, 0.3) is 5.79 Å². The maximum absolute atomic E-state index is 11.9. The first-order chi connectivity index (χ1) is 10.8. The fraction of sp³-hybridized carbons (Fsp3) is 0.214. The third kappa shape index (κ3) is 2.98. The number of esters is 2. The number of ether oxygens (including phenoxy) is 2. The van der Waals surface area contributed by atoms with E-state index in [4.69, 9.17) is 9.47 Å². The van der Waals surface area contributed by atoms with E-state index in [1.54, 1.807) is 6.20 Å². The zero-order valence-electron chi connectivity index (χ0n) is 12.1. The van der Waals surface area contributed by atoms with Gasteiger partial charge in [0.2, 0.25) is 0 Å². The molecule has 2 aromatic rings. The van der Waals surface area contributed by atoms with Crippen molar-refractivity contribution in [3.8, 4) is 0 Å². The Labute approximate surface area is 147 Å². The summed E-state index contributed by atoms with van der Waals surface area (Å²) >= 11 is 6.86. The first kappa shape index (κ1) is 16.0. The molecular formula is C14H11Br2N3O4. The smallest absolute Gasteiger partial charge is 0.350 e. The van der Waals surface area contributed by atoms with E-state index in [0.717, 1.165) is 19.8 Å². The first-order valence-electron chi connectivity index (χ1n) is 6.53. The second-order valence-electron chi connectivity index (χ2n) is 5.26. The maximum atomic E-state index is 11.9. The summed E-state index contributed by atoms with van der Waals surface area (Å²) < 4.78 is 11.6. The van der Waals surface area contributed by atoms with Gasteiger partial charge in [-0.2, -0.15) is 5.10 Å². The number of nitrogens with zero attached hydrogens (tertiary/aromatic N) is 1. The summed E-state index contributed by atoms with van der Waals surface area (Å²) in [6, 6.07) is 1.82. The Kier molecular flexibility index (Phi) is 3.93. The number of nitrogens with one attached hydrogen (secondary N) is 2. The minimum Gasteiger partial charge on any atom is -0.419 e. The zero-order valence-corrected chi connectivity index (χ0v) is 15.2. The van der Waals surface area contributed by atoms with Crippen LogP contribution in [0.4, 0.5) is 5.69 Å². The molecular weight excluding hydrogens is 434 g/mol. The number of aromatic amines is 1. The molecule has 3 rings (SSSR count). The van der Waals surface area contributed by atoms with Crippen LogP contribution in [0, 0.1) is 0 Å². The largest absolute Gasteiger partial charge is 0.419 e. The van der Waals surface area contributed by atoms with Gasteiger partial charge < -0.3 is 14.8 Å². The van der Waals surface area contributed by atoms with Gasteiger partial charge in [0.1, 0.15) is 0 Å². The van der Waals surface area contributed by atoms with Crippen LogP contribution in [0.3, 0.4) is 0 Å². The van der Waals surface area contributed by atoms with Gasteiger partial charge in [0.15, 0.2) is 5.57 Å². The molecule has 0 bridgehead atoms. The van der Waals surface area contributed by atoms with Crippen LogP contribution in [0.15, 0.2) is 33.0 Å². The standard InChI is InChI=1S/C14H11Br2N3O4/c1-14(2)22-12(20)7(13(21)23-14)4-17-10-6-5-18-19-11(6)9(16)3-8(10)15/h3-5,17H,1-2H3,(H,18,19). The quantitative estimate of drug-likeness (QED) is 0.419. The minimum atomic E-state index is -1.26. The monoisotopic (exact) mass is 443 g/mol. The molecule has 0 radical (unpaired) electrons. The second-order valence-corrected chi connectivity index (χ2v) is 6.96. The summed E-state index contributed by atoms with van der Waals surface area (Å²) in [7, 11) is 0. The highest BCUT2D eigenvalue weighted by molar-refractivity contribution is 9.11. The molecule has 2 heterocycles. The van der Waals surface area contributed by atoms with Crippen molar-refractivity contribution in [2.45, 2.75) is 19.6 Å². The molecule has 120 valence electrons. The van der Waals surface area contributed by atoms with E-state index in [1.165, 1.54) is 20.0 Å². The number of carbonyl (C=O) groups is 2. The number of hydrogen-bond acceptors (Lipinski definition) is 6. The zero-order chi connectivity index (χ0) is 16.8. The first-order valence-corrected chi connectivity index (χ1v) is 8.11. The molecule has 0 aliphatic carbocycles. The molecule has 23 heavy (non-hydrogen) atoms. The normalized spacial score (nSPS) is 17.0. The van der Waals surface area contributed by atoms with Crippen molar-refractivity contribution in [3.63, 3.8) is 0 Å². The Morgan fingerprint density at radius 1 is 1.22 bits per heavy atom. The van der Waals surface area contributed by atoms with Crippen LogP contribution in [0.2, 0.25) is 0 Å². The lowest BCUT2D eigenvalue weighted by Gasteiger charge is -2.29. The third-order valence-corrected chi connectivity index (χ3v) is 4.37. The number of carbonyl (C=O) groups excluding carboxylic acids is 2. The summed E-state index contributed by atoms with van der Waals surface area (Å²) in [5.41, 5.74) is 1.22. The van der Waals surface area contributed by atoms with Gasteiger partial charge in [-0.1, -0.05) is 0 Å². The Hall–Kier alpha value is -1.87. The lowest BCUT2D eigenvalue weighted by Crippen LogP contribution is -2.42. The Morgan fingerprint density at radius 2 is 1.87 bits per heavy atom. The SMILES string of the molecule is CC1(C)OC(=O)C(=CNc2c(Br)cc(Br)c3[nH]ncc23)C(=O)O1. The topological polar surface area (TPSA) is 93.3 Å². The van der Waals surface area contributed by atoms with E-state index in [0.29, 0.717) is 5.69 Å². The third-order valence-electron chi connectivity index (χ3n) is 3.12. The predicted molar refractivity (Wildman–Crippen MR) is 89.5 cm³/mol. The van der Waals surface area contributed by atoms with Crippen LogP contribution in [-0.4, -0.2) is 27.9 Å². The molecule has 0 spiro atoms. The number of fused-ring (bicyclic) bond motifs is 1. The number of benzene rings is 1. The highest BCUT2D eigenvalue weighted by Crippen LogP contribution is 2.36. The van der Waals surface area contributed by atoms with Crippen molar-refractivity contribution in [3.05, 3.63) is 33.0 Å². The van der Waals surface area contributed by atoms with Gasteiger partial charge >= 0.3 is 11.9 Å². The van der Waals surface area contributed by atoms with E-state index in [9.17, 15) is 9.59 Å². The molecule has 0 amide bonds. The molecule has 1 aliphatic rings. The number of halogens is 2. The molecule has 1 aromatic heterocycles. The van der Waals surface area contributed by atoms with Crippen LogP contribution in [0.1, 0.15) is 13.8 Å². The Morgan fingerprint density at radius 3 is 2.52 bits per heavy atom. The van der Waals surface area contributed by atoms with Crippen LogP contribution in [-0.2, 0) is 19.1 Å². The summed E-state index contributed by atoms with van der Waals surface area (Å²) in [5.74, 6) is -2.74. The maximum Gasteiger partial charge on any atom is 0.350 e. The van der Waals surface area contributed by atoms with Gasteiger partial charge in [0, 0.05) is 34.4 Å². The van der Waals surface area contributed by atoms with E-state index in [1.807, 2.05) is 6.07 Å². The highest BCUT2D eigenvalue weighted by atomic mass is 79.9. The highest BCUT2D eigenvalue weighted by Gasteiger charge is 2.39. The van der Waals surface area contributed by atoms with Crippen molar-refractivity contribution >= 4 is 60.4 Å². The minimum absolute atomic E-state index is 0.212. The van der Waals surface area contributed by atoms with Crippen LogP contribution in [0.5, 0.6) is 0 Å². The van der Waals surface area contributed by atoms with Gasteiger partial charge in [-0.15, -0.1) is 0 Å². The molecule has 0 unspecified atom stereocenters. The average molecular weight is 445 g/mol. The lowest BCUT2D eigenvalue weighted by molar-refractivity contribution is -0.222. The Bertz CT molecular complexity index is 835. The van der Waals surface area contributed by atoms with Crippen molar-refractivity contribution in [1.29, 1.82) is 0 Å². The summed E-state index contributed by atoms with van der Waals surface area (Å²) in [6.45, 7) is 2.99. The molecule has 1 fully saturated rings. The van der Waals surface area contributed by atoms with E-state index in [2.05, 4.69) is 47.4 Å². The number of H-pyrrole nitrogens is 1. The molecule has 1 aromatic carbocycles. The number of cyclic esters (lactones) is 2. The summed E-state index contributed by atoms with van der Waals surface area (Å²) in [4.78, 5) is 23.9. The Balaban J connectivity index is 1.96. The van der Waals surface area contributed by atoms with E-state index in [-0.39, 0.29) is 5.57 Å². The molecule has 1 saturated heterocycles. The fourth-order valence-corrected chi connectivity index (χ4v) is 3.51. The van der Waals surface area contributed by atoms with Gasteiger partial charge in [-0.25, -0.2) is 9.59 Å². The van der Waals surface area contributed by atoms with E-state index >= 15 is 0 Å². The molecule has 0 saturated carbocycles. The van der Waals surface area contributed by atoms with Gasteiger partial charge in [-0.05, 0) is 37.9 Å². The van der Waals surface area contributed by atoms with Crippen LogP contribution >= 0.6 is 31.9 Å². The second kappa shape index (κ2) is 5.64. The lowest BCUT2D eigenvalue weighted by atomic mass is 10.2. The van der Waals surface area contributed by atoms with Crippen molar-refractivity contribution in [2.24, 2.45) is 0 Å². The summed E-state index contributed by atoms with van der Waals surface area (Å²) in [6.07, 6.45) is 2.90. The van der Waals surface area contributed by atoms with E-state index < -0.39 is 17.7 Å². The average Bonchev–Trinajstić information content (AvgIpc) is 2.89. The predicted octanol–water partition coefficient (Wildman–Crippen LogP) is 3.22. The van der Waals surface area contributed by atoms with Gasteiger partial charge in [-0.3, -0.25) is 5.10 Å². The molecule has 1 aliphatic heterocycles. The number of aromatic nitrogens is 2. The molecule has 0 atom stereocenters. The molecule has 7 nitrogen and oxygen atoms in total. The van der Waals surface area contributed by atoms with Crippen molar-refractivity contribution in [2.75, 3.05) is 5.32 Å². The van der Waals surface area contributed by atoms with Crippen LogP contribution in [0.25, 0.3) is 10.9 Å². The van der Waals surface area contributed by atoms with Crippen molar-refractivity contribution in [1.82, 2.24) is 10.2 Å². The molecule has 9 heteroatoms. The molecule has 2 N–H and O–H groups in total. The fourth-order valence-electron chi connectivity index (χ4n) is 2.11. The van der Waals surface area contributed by atoms with Crippen molar-refractivity contribution < 1.29 is 19.1 Å². The van der Waals surface area contributed by atoms with Gasteiger partial charge in [0.05, 0.1) is 17.4 Å².